The Balaban J connectivity index is 2.71. The van der Waals surface area contributed by atoms with Gasteiger partial charge in [-0.3, -0.25) is 4.79 Å². The van der Waals surface area contributed by atoms with Crippen molar-refractivity contribution in [2.45, 2.75) is 26.5 Å². The van der Waals surface area contributed by atoms with Gasteiger partial charge in [0.15, 0.2) is 0 Å². The average Bonchev–Trinajstić information content (AvgIpc) is 2.39. The Morgan fingerprint density at radius 3 is 2.85 bits per heavy atom. The summed E-state index contributed by atoms with van der Waals surface area (Å²) < 4.78 is 7.40. The van der Waals surface area contributed by atoms with E-state index in [1.165, 1.54) is 4.68 Å². The smallest absolute Gasteiger partial charge is 0.283 e. The third-order valence-corrected chi connectivity index (χ3v) is 3.54. The average molecular weight is 347 g/mol. The maximum absolute atomic E-state index is 12.1. The first-order valence-corrected chi connectivity index (χ1v) is 7.50. The second-order valence-electron chi connectivity index (χ2n) is 4.85. The number of halogens is 1. The normalized spacial score (nSPS) is 12.7. The molecule has 0 aromatic carbocycles. The van der Waals surface area contributed by atoms with Crippen molar-refractivity contribution >= 4 is 21.6 Å². The van der Waals surface area contributed by atoms with Gasteiger partial charge in [0.25, 0.3) is 5.56 Å². The third kappa shape index (κ3) is 5.22. The Hall–Kier alpha value is -0.920. The summed E-state index contributed by atoms with van der Waals surface area (Å²) in [5.74, 6) is 0. The number of hydrogen-bond donors (Lipinski definition) is 1. The van der Waals surface area contributed by atoms with Crippen molar-refractivity contribution < 1.29 is 4.74 Å². The Morgan fingerprint density at radius 2 is 2.25 bits per heavy atom. The summed E-state index contributed by atoms with van der Waals surface area (Å²) in [5, 5.41) is 7.35. The van der Waals surface area contributed by atoms with Crippen LogP contribution in [-0.4, -0.2) is 54.6 Å². The predicted molar refractivity (Wildman–Crippen MR) is 84.3 cm³/mol. The first-order chi connectivity index (χ1) is 9.45. The van der Waals surface area contributed by atoms with Crippen LogP contribution in [0.5, 0.6) is 0 Å². The van der Waals surface area contributed by atoms with E-state index in [-0.39, 0.29) is 11.7 Å². The highest BCUT2D eigenvalue weighted by atomic mass is 79.9. The fourth-order valence-electron chi connectivity index (χ4n) is 1.64. The van der Waals surface area contributed by atoms with Crippen LogP contribution in [0.15, 0.2) is 15.5 Å². The summed E-state index contributed by atoms with van der Waals surface area (Å²) >= 11 is 3.34. The highest BCUT2D eigenvalue weighted by Crippen LogP contribution is 2.16. The third-order valence-electron chi connectivity index (χ3n) is 2.78. The van der Waals surface area contributed by atoms with E-state index in [0.717, 1.165) is 6.54 Å². The zero-order chi connectivity index (χ0) is 15.1. The van der Waals surface area contributed by atoms with Crippen molar-refractivity contribution in [3.05, 3.63) is 21.0 Å². The minimum absolute atomic E-state index is 0.0862. The van der Waals surface area contributed by atoms with Crippen molar-refractivity contribution in [3.8, 4) is 0 Å². The van der Waals surface area contributed by atoms with E-state index in [1.807, 2.05) is 32.8 Å². The number of likely N-dealkylation sites (N-methyl/N-ethyl adjacent to an activating group) is 1. The number of anilines is 1. The number of aromatic nitrogens is 2. The first-order valence-electron chi connectivity index (χ1n) is 6.71. The second kappa shape index (κ2) is 8.39. The zero-order valence-electron chi connectivity index (χ0n) is 12.5. The molecule has 1 aromatic heterocycles. The molecule has 0 bridgehead atoms. The maximum atomic E-state index is 12.1. The van der Waals surface area contributed by atoms with E-state index in [1.54, 1.807) is 6.20 Å². The van der Waals surface area contributed by atoms with Crippen molar-refractivity contribution in [1.29, 1.82) is 0 Å². The molecule has 0 spiro atoms. The molecule has 1 aromatic rings. The number of nitrogens with one attached hydrogen (secondary N) is 1. The lowest BCUT2D eigenvalue weighted by Gasteiger charge is -2.15. The number of nitrogens with zero attached hydrogens (tertiary/aromatic N) is 3. The topological polar surface area (TPSA) is 59.4 Å². The summed E-state index contributed by atoms with van der Waals surface area (Å²) in [6.07, 6.45) is 1.75. The maximum Gasteiger partial charge on any atom is 0.283 e. The first kappa shape index (κ1) is 17.1. The Morgan fingerprint density at radius 1 is 1.55 bits per heavy atom. The lowest BCUT2D eigenvalue weighted by molar-refractivity contribution is 0.0855. The van der Waals surface area contributed by atoms with Gasteiger partial charge in [0.1, 0.15) is 4.47 Å². The Bertz CT molecular complexity index is 476. The predicted octanol–water partition coefficient (Wildman–Crippen LogP) is 1.40. The van der Waals surface area contributed by atoms with Crippen LogP contribution in [-0.2, 0) is 11.3 Å². The molecule has 1 rings (SSSR count). The number of rotatable bonds is 8. The van der Waals surface area contributed by atoms with Crippen molar-refractivity contribution in [2.75, 3.05) is 39.1 Å². The molecule has 1 N–H and O–H groups in total. The van der Waals surface area contributed by atoms with Gasteiger partial charge in [-0.05, 0) is 43.9 Å². The minimum atomic E-state index is -0.124. The molecule has 0 saturated carbocycles. The molecular formula is C13H23BrN4O2. The van der Waals surface area contributed by atoms with E-state index in [4.69, 9.17) is 4.74 Å². The van der Waals surface area contributed by atoms with Crippen LogP contribution in [0.1, 0.15) is 13.8 Å². The molecule has 0 aliphatic heterocycles. The second-order valence-corrected chi connectivity index (χ2v) is 5.64. The molecule has 1 atom stereocenters. The fraction of sp³-hybridized carbons (Fsp3) is 0.692. The van der Waals surface area contributed by atoms with Crippen molar-refractivity contribution in [2.24, 2.45) is 0 Å². The van der Waals surface area contributed by atoms with Gasteiger partial charge in [-0.15, -0.1) is 0 Å². The monoisotopic (exact) mass is 346 g/mol. The Kier molecular flexibility index (Phi) is 7.18. The van der Waals surface area contributed by atoms with Crippen LogP contribution < -0.4 is 10.9 Å². The summed E-state index contributed by atoms with van der Waals surface area (Å²) in [7, 11) is 3.93. The minimum Gasteiger partial charge on any atom is -0.380 e. The standard InChI is InChI=1S/C13H23BrN4O2/c1-5-20-10(2)8-15-11-9-16-18(7-6-17(3)4)13(19)12(11)14/h9-10,15H,5-8H2,1-4H3. The molecule has 7 heteroatoms. The van der Waals surface area contributed by atoms with Crippen LogP contribution in [0, 0.1) is 0 Å². The molecule has 0 fully saturated rings. The van der Waals surface area contributed by atoms with E-state index in [9.17, 15) is 4.79 Å². The van der Waals surface area contributed by atoms with Crippen molar-refractivity contribution in [1.82, 2.24) is 14.7 Å². The van der Waals surface area contributed by atoms with E-state index >= 15 is 0 Å². The van der Waals surface area contributed by atoms with Gasteiger partial charge in [0.2, 0.25) is 0 Å². The molecule has 0 aliphatic carbocycles. The molecule has 0 aliphatic rings. The summed E-state index contributed by atoms with van der Waals surface area (Å²) in [6, 6.07) is 0. The Labute approximate surface area is 128 Å². The van der Waals surface area contributed by atoms with Gasteiger partial charge in [-0.25, -0.2) is 4.68 Å². The van der Waals surface area contributed by atoms with Crippen LogP contribution >= 0.6 is 15.9 Å². The summed E-state index contributed by atoms with van der Waals surface area (Å²) in [6.45, 7) is 6.59. The van der Waals surface area contributed by atoms with Crippen LogP contribution in [0.3, 0.4) is 0 Å². The molecular weight excluding hydrogens is 324 g/mol. The number of ether oxygens (including phenoxy) is 1. The molecule has 0 saturated heterocycles. The van der Waals surface area contributed by atoms with E-state index < -0.39 is 0 Å². The van der Waals surface area contributed by atoms with Gasteiger partial charge >= 0.3 is 0 Å². The molecule has 20 heavy (non-hydrogen) atoms. The largest absolute Gasteiger partial charge is 0.380 e. The van der Waals surface area contributed by atoms with Gasteiger partial charge in [0.05, 0.1) is 24.5 Å². The van der Waals surface area contributed by atoms with Gasteiger partial charge in [-0.2, -0.15) is 5.10 Å². The van der Waals surface area contributed by atoms with Gasteiger partial charge in [0, 0.05) is 19.7 Å². The number of hydrogen-bond acceptors (Lipinski definition) is 5. The van der Waals surface area contributed by atoms with Crippen LogP contribution in [0.25, 0.3) is 0 Å². The quantitative estimate of drug-likeness (QED) is 0.771. The highest BCUT2D eigenvalue weighted by molar-refractivity contribution is 9.10. The van der Waals surface area contributed by atoms with Crippen molar-refractivity contribution in [3.63, 3.8) is 0 Å². The zero-order valence-corrected chi connectivity index (χ0v) is 14.1. The fourth-order valence-corrected chi connectivity index (χ4v) is 2.09. The summed E-state index contributed by atoms with van der Waals surface area (Å²) in [5.41, 5.74) is 0.573. The summed E-state index contributed by atoms with van der Waals surface area (Å²) in [4.78, 5) is 14.1. The van der Waals surface area contributed by atoms with Gasteiger partial charge < -0.3 is 15.0 Å². The molecule has 6 nitrogen and oxygen atoms in total. The lowest BCUT2D eigenvalue weighted by Crippen LogP contribution is -2.30. The molecule has 0 amide bonds. The van der Waals surface area contributed by atoms with Crippen LogP contribution in [0.2, 0.25) is 0 Å². The SMILES string of the molecule is CCOC(C)CNc1cnn(CCN(C)C)c(=O)c1Br. The van der Waals surface area contributed by atoms with Gasteiger partial charge in [-0.1, -0.05) is 0 Å². The highest BCUT2D eigenvalue weighted by Gasteiger charge is 2.10. The van der Waals surface area contributed by atoms with E-state index in [0.29, 0.717) is 29.9 Å². The van der Waals surface area contributed by atoms with Crippen LogP contribution in [0.4, 0.5) is 5.69 Å². The lowest BCUT2D eigenvalue weighted by atomic mass is 10.3. The molecule has 1 heterocycles. The van der Waals surface area contributed by atoms with E-state index in [2.05, 4.69) is 26.3 Å². The molecule has 1 unspecified atom stereocenters. The molecule has 0 radical (unpaired) electrons. The molecule has 114 valence electrons.